The molecule has 0 atom stereocenters. The summed E-state index contributed by atoms with van der Waals surface area (Å²) in [7, 11) is 3.26. The highest BCUT2D eigenvalue weighted by Gasteiger charge is 2.16. The van der Waals surface area contributed by atoms with Crippen LogP contribution in [0.4, 0.5) is 0 Å². The predicted molar refractivity (Wildman–Crippen MR) is 86.9 cm³/mol. The van der Waals surface area contributed by atoms with Crippen LogP contribution in [0.15, 0.2) is 33.2 Å². The first-order chi connectivity index (χ1) is 10.2. The predicted octanol–water partition coefficient (Wildman–Crippen LogP) is 4.23. The minimum absolute atomic E-state index is 0.705. The molecule has 1 N–H and O–H groups in total. The van der Waals surface area contributed by atoms with Gasteiger partial charge in [0, 0.05) is 0 Å². The molecule has 0 unspecified atom stereocenters. The van der Waals surface area contributed by atoms with E-state index in [1.807, 2.05) is 24.3 Å². The highest BCUT2D eigenvalue weighted by atomic mass is 79.9. The lowest BCUT2D eigenvalue weighted by atomic mass is 10.1. The molecular weight excluding hydrogens is 334 g/mol. The van der Waals surface area contributed by atoms with Crippen molar-refractivity contribution in [3.63, 3.8) is 0 Å². The van der Waals surface area contributed by atoms with Gasteiger partial charge in [0.05, 0.1) is 26.3 Å². The summed E-state index contributed by atoms with van der Waals surface area (Å²) in [6, 6.07) is 7.76. The van der Waals surface area contributed by atoms with Crippen LogP contribution in [0.5, 0.6) is 11.5 Å². The quantitative estimate of drug-likeness (QED) is 0.756. The number of benzene rings is 1. The maximum atomic E-state index is 5.88. The second-order valence-corrected chi connectivity index (χ2v) is 5.40. The van der Waals surface area contributed by atoms with Crippen molar-refractivity contribution in [3.8, 4) is 22.8 Å². The van der Waals surface area contributed by atoms with Crippen LogP contribution in [0.2, 0.25) is 0 Å². The van der Waals surface area contributed by atoms with Crippen LogP contribution in [-0.4, -0.2) is 20.8 Å². The van der Waals surface area contributed by atoms with Crippen LogP contribution >= 0.6 is 15.9 Å². The largest absolute Gasteiger partial charge is 0.495 e. The Hall–Kier alpha value is -1.46. The molecular formula is C16H20BrNO3. The van der Waals surface area contributed by atoms with Gasteiger partial charge in [0.2, 0.25) is 0 Å². The van der Waals surface area contributed by atoms with E-state index in [9.17, 15) is 0 Å². The van der Waals surface area contributed by atoms with Crippen LogP contribution < -0.4 is 14.8 Å². The zero-order valence-electron chi connectivity index (χ0n) is 12.5. The van der Waals surface area contributed by atoms with E-state index in [1.54, 1.807) is 14.2 Å². The Bertz CT molecular complexity index is 595. The number of nitrogens with one attached hydrogen (secondary N) is 1. The van der Waals surface area contributed by atoms with Gasteiger partial charge in [0.25, 0.3) is 0 Å². The molecule has 1 heterocycles. The molecule has 0 bridgehead atoms. The van der Waals surface area contributed by atoms with E-state index in [-0.39, 0.29) is 0 Å². The number of halogens is 1. The van der Waals surface area contributed by atoms with Crippen molar-refractivity contribution in [2.24, 2.45) is 0 Å². The normalized spacial score (nSPS) is 10.7. The van der Waals surface area contributed by atoms with E-state index >= 15 is 0 Å². The lowest BCUT2D eigenvalue weighted by Gasteiger charge is -2.12. The van der Waals surface area contributed by atoms with Crippen molar-refractivity contribution in [1.29, 1.82) is 0 Å². The van der Waals surface area contributed by atoms with Gasteiger partial charge >= 0.3 is 0 Å². The minimum atomic E-state index is 0.705. The second kappa shape index (κ2) is 7.52. The second-order valence-electron chi connectivity index (χ2n) is 4.61. The summed E-state index contributed by atoms with van der Waals surface area (Å²) in [4.78, 5) is 0. The van der Waals surface area contributed by atoms with Crippen LogP contribution in [0.25, 0.3) is 11.3 Å². The molecule has 1 aromatic heterocycles. The molecule has 2 rings (SSSR count). The molecule has 5 heteroatoms. The summed E-state index contributed by atoms with van der Waals surface area (Å²) in [6.45, 7) is 3.85. The molecule has 0 saturated carbocycles. The van der Waals surface area contributed by atoms with Crippen LogP contribution in [0, 0.1) is 0 Å². The Morgan fingerprint density at radius 3 is 2.62 bits per heavy atom. The van der Waals surface area contributed by atoms with Gasteiger partial charge in [0.1, 0.15) is 27.5 Å². The van der Waals surface area contributed by atoms with Crippen molar-refractivity contribution < 1.29 is 13.9 Å². The van der Waals surface area contributed by atoms with E-state index in [1.165, 1.54) is 0 Å². The summed E-state index contributed by atoms with van der Waals surface area (Å²) in [6.07, 6.45) is 1.10. The molecule has 4 nitrogen and oxygen atoms in total. The Labute approximate surface area is 133 Å². The molecule has 0 amide bonds. The summed E-state index contributed by atoms with van der Waals surface area (Å²) in [5.41, 5.74) is 0.895. The summed E-state index contributed by atoms with van der Waals surface area (Å²) in [5.74, 6) is 3.12. The molecule has 0 fully saturated rings. The molecule has 0 radical (unpaired) electrons. The van der Waals surface area contributed by atoms with Crippen LogP contribution in [0.3, 0.4) is 0 Å². The zero-order valence-corrected chi connectivity index (χ0v) is 14.1. The third-order valence-electron chi connectivity index (χ3n) is 3.14. The first kappa shape index (κ1) is 15.9. The molecule has 114 valence electrons. The smallest absolute Gasteiger partial charge is 0.147 e. The maximum Gasteiger partial charge on any atom is 0.147 e. The van der Waals surface area contributed by atoms with Gasteiger partial charge in [-0.2, -0.15) is 0 Å². The monoisotopic (exact) mass is 353 g/mol. The number of ether oxygens (including phenoxy) is 2. The third-order valence-corrected chi connectivity index (χ3v) is 3.89. The van der Waals surface area contributed by atoms with E-state index in [0.29, 0.717) is 5.75 Å². The van der Waals surface area contributed by atoms with Crippen molar-refractivity contribution in [1.82, 2.24) is 5.32 Å². The van der Waals surface area contributed by atoms with Gasteiger partial charge in [0.15, 0.2) is 0 Å². The standard InChI is InChI=1S/C16H20BrNO3/c1-4-9-18-10-11-5-7-13(21-11)12-6-8-14(19-2)15(17)16(12)20-3/h5-8,18H,4,9-10H2,1-3H3. The fraction of sp³-hybridized carbons (Fsp3) is 0.375. The van der Waals surface area contributed by atoms with Gasteiger partial charge < -0.3 is 19.2 Å². The van der Waals surface area contributed by atoms with Crippen molar-refractivity contribution in [3.05, 3.63) is 34.5 Å². The lowest BCUT2D eigenvalue weighted by Crippen LogP contribution is -2.12. The molecule has 0 aliphatic carbocycles. The molecule has 0 spiro atoms. The molecule has 0 saturated heterocycles. The lowest BCUT2D eigenvalue weighted by molar-refractivity contribution is 0.389. The summed E-state index contributed by atoms with van der Waals surface area (Å²) in [5, 5.41) is 3.32. The fourth-order valence-electron chi connectivity index (χ4n) is 2.10. The summed E-state index contributed by atoms with van der Waals surface area (Å²) < 4.78 is 17.4. The third kappa shape index (κ3) is 3.60. The minimum Gasteiger partial charge on any atom is -0.495 e. The molecule has 0 aliphatic heterocycles. The first-order valence-electron chi connectivity index (χ1n) is 6.91. The number of hydrogen-bond donors (Lipinski definition) is 1. The molecule has 2 aromatic rings. The van der Waals surface area contributed by atoms with E-state index in [0.717, 1.165) is 46.8 Å². The van der Waals surface area contributed by atoms with Crippen molar-refractivity contribution in [2.45, 2.75) is 19.9 Å². The average molecular weight is 354 g/mol. The first-order valence-corrected chi connectivity index (χ1v) is 7.70. The number of methoxy groups -OCH3 is 2. The molecule has 21 heavy (non-hydrogen) atoms. The van der Waals surface area contributed by atoms with E-state index in [4.69, 9.17) is 13.9 Å². The van der Waals surface area contributed by atoms with E-state index in [2.05, 4.69) is 28.2 Å². The van der Waals surface area contributed by atoms with Gasteiger partial charge in [-0.05, 0) is 53.2 Å². The SMILES string of the molecule is CCCNCc1ccc(-c2ccc(OC)c(Br)c2OC)o1. The number of rotatable bonds is 7. The van der Waals surface area contributed by atoms with Gasteiger partial charge in [-0.25, -0.2) is 0 Å². The number of hydrogen-bond acceptors (Lipinski definition) is 4. The van der Waals surface area contributed by atoms with Gasteiger partial charge in [-0.3, -0.25) is 0 Å². The van der Waals surface area contributed by atoms with Gasteiger partial charge in [-0.1, -0.05) is 6.92 Å². The Balaban J connectivity index is 2.27. The Kier molecular flexibility index (Phi) is 5.70. The number of furan rings is 1. The average Bonchev–Trinajstić information content (AvgIpc) is 2.96. The molecule has 0 aliphatic rings. The Morgan fingerprint density at radius 2 is 1.95 bits per heavy atom. The fourth-order valence-corrected chi connectivity index (χ4v) is 2.76. The van der Waals surface area contributed by atoms with E-state index < -0.39 is 0 Å². The summed E-state index contributed by atoms with van der Waals surface area (Å²) >= 11 is 3.50. The molecule has 1 aromatic carbocycles. The topological polar surface area (TPSA) is 43.6 Å². The highest BCUT2D eigenvalue weighted by molar-refractivity contribution is 9.10. The van der Waals surface area contributed by atoms with Crippen molar-refractivity contribution in [2.75, 3.05) is 20.8 Å². The highest BCUT2D eigenvalue weighted by Crippen LogP contribution is 2.42. The zero-order chi connectivity index (χ0) is 15.2. The maximum absolute atomic E-state index is 5.88. The van der Waals surface area contributed by atoms with Crippen LogP contribution in [-0.2, 0) is 6.54 Å². The van der Waals surface area contributed by atoms with Crippen LogP contribution in [0.1, 0.15) is 19.1 Å². The van der Waals surface area contributed by atoms with Crippen molar-refractivity contribution >= 4 is 15.9 Å². The Morgan fingerprint density at radius 1 is 1.14 bits per heavy atom. The van der Waals surface area contributed by atoms with Gasteiger partial charge in [-0.15, -0.1) is 0 Å².